The van der Waals surface area contributed by atoms with Crippen molar-refractivity contribution in [3.8, 4) is 0 Å². The van der Waals surface area contributed by atoms with E-state index in [-0.39, 0.29) is 0 Å². The Kier molecular flexibility index (Phi) is 5.06. The van der Waals surface area contributed by atoms with Gasteiger partial charge in [0.15, 0.2) is 0 Å². The van der Waals surface area contributed by atoms with Crippen molar-refractivity contribution in [2.45, 2.75) is 19.9 Å². The van der Waals surface area contributed by atoms with Crippen LogP contribution in [0.1, 0.15) is 18.1 Å². The van der Waals surface area contributed by atoms with Crippen LogP contribution in [-0.4, -0.2) is 34.8 Å². The second-order valence-corrected chi connectivity index (χ2v) is 6.11. The number of ether oxygens (including phenoxy) is 1. The zero-order valence-electron chi connectivity index (χ0n) is 15.5. The van der Waals surface area contributed by atoms with E-state index in [0.717, 1.165) is 34.5 Å². The summed E-state index contributed by atoms with van der Waals surface area (Å²) in [6.07, 6.45) is 4.02. The third kappa shape index (κ3) is 3.46. The number of nitrogens with zero attached hydrogens (tertiary/aromatic N) is 4. The van der Waals surface area contributed by atoms with Gasteiger partial charge in [0.25, 0.3) is 0 Å². The minimum atomic E-state index is -0.432. The van der Waals surface area contributed by atoms with Gasteiger partial charge >= 0.3 is 6.09 Å². The highest BCUT2D eigenvalue weighted by molar-refractivity contribution is 5.79. The molecule has 3 rings (SSSR count). The normalized spacial score (nSPS) is 10.8. The van der Waals surface area contributed by atoms with Gasteiger partial charge in [-0.3, -0.25) is 0 Å². The molecule has 0 aliphatic carbocycles. The predicted octanol–water partition coefficient (Wildman–Crippen LogP) is 3.15. The van der Waals surface area contributed by atoms with E-state index in [9.17, 15) is 4.79 Å². The highest BCUT2D eigenvalue weighted by Crippen LogP contribution is 2.28. The fourth-order valence-electron chi connectivity index (χ4n) is 2.93. The van der Waals surface area contributed by atoms with Crippen LogP contribution in [-0.2, 0) is 24.8 Å². The molecule has 0 atom stereocenters. The summed E-state index contributed by atoms with van der Waals surface area (Å²) in [6.45, 7) is 2.55. The first kappa shape index (κ1) is 17.7. The molecule has 2 aromatic heterocycles. The van der Waals surface area contributed by atoms with E-state index >= 15 is 0 Å². The summed E-state index contributed by atoms with van der Waals surface area (Å²) >= 11 is 0. The third-order valence-corrected chi connectivity index (χ3v) is 4.45. The summed E-state index contributed by atoms with van der Waals surface area (Å²) < 4.78 is 6.60. The van der Waals surface area contributed by atoms with E-state index in [1.807, 2.05) is 30.8 Å². The summed E-state index contributed by atoms with van der Waals surface area (Å²) in [6, 6.07) is 8.20. The van der Waals surface area contributed by atoms with Gasteiger partial charge in [-0.2, -0.15) is 0 Å². The number of fused-ring (bicyclic) bond motifs is 1. The molecule has 0 spiro atoms. The molecular formula is C19H23N5O2. The van der Waals surface area contributed by atoms with Crippen molar-refractivity contribution in [1.29, 1.82) is 0 Å². The molecule has 0 unspecified atom stereocenters. The van der Waals surface area contributed by atoms with Gasteiger partial charge in [0.1, 0.15) is 11.3 Å². The minimum Gasteiger partial charge on any atom is -0.453 e. The van der Waals surface area contributed by atoms with Crippen LogP contribution in [0.3, 0.4) is 0 Å². The van der Waals surface area contributed by atoms with E-state index in [2.05, 4.69) is 44.0 Å². The molecule has 1 N–H and O–H groups in total. The molecule has 7 heteroatoms. The number of rotatable bonds is 5. The first-order valence-corrected chi connectivity index (χ1v) is 8.48. The average Bonchev–Trinajstić information content (AvgIpc) is 3.05. The van der Waals surface area contributed by atoms with Crippen molar-refractivity contribution in [2.24, 2.45) is 7.05 Å². The van der Waals surface area contributed by atoms with E-state index in [4.69, 9.17) is 0 Å². The Morgan fingerprint density at radius 1 is 1.31 bits per heavy atom. The van der Waals surface area contributed by atoms with Gasteiger partial charge in [-0.15, -0.1) is 0 Å². The number of amides is 1. The quantitative estimate of drug-likeness (QED) is 0.763. The molecule has 0 aliphatic rings. The number of nitrogens with one attached hydrogen (secondary N) is 1. The second-order valence-electron chi connectivity index (χ2n) is 6.11. The first-order chi connectivity index (χ1) is 12.5. The van der Waals surface area contributed by atoms with Crippen molar-refractivity contribution in [3.05, 3.63) is 47.9 Å². The molecule has 1 aromatic carbocycles. The number of aryl methyl sites for hydroxylation is 2. The first-order valence-electron chi connectivity index (χ1n) is 8.48. The molecule has 2 heterocycles. The van der Waals surface area contributed by atoms with Crippen LogP contribution in [0.15, 0.2) is 36.8 Å². The summed E-state index contributed by atoms with van der Waals surface area (Å²) in [4.78, 5) is 22.2. The number of hydrogen-bond acceptors (Lipinski definition) is 5. The number of alkyl carbamates (subject to hydrolysis) is 1. The molecular weight excluding hydrogens is 330 g/mol. The Labute approximate surface area is 152 Å². The molecule has 26 heavy (non-hydrogen) atoms. The molecule has 0 saturated heterocycles. The van der Waals surface area contributed by atoms with Crippen LogP contribution in [0.4, 0.5) is 16.3 Å². The molecule has 0 aliphatic heterocycles. The number of benzene rings is 1. The van der Waals surface area contributed by atoms with Crippen molar-refractivity contribution in [2.75, 3.05) is 19.1 Å². The lowest BCUT2D eigenvalue weighted by Crippen LogP contribution is -2.22. The van der Waals surface area contributed by atoms with Crippen molar-refractivity contribution in [1.82, 2.24) is 19.9 Å². The number of imidazole rings is 1. The smallest absolute Gasteiger partial charge is 0.407 e. The molecule has 7 nitrogen and oxygen atoms in total. The standard InChI is InChI=1S/C19H23N5O2/c1-5-14-8-13(10-21-19(25)26-4)6-7-16(14)24(3)18-9-17-15(11-20-18)22-12-23(17)2/h6-9,11-12H,5,10H2,1-4H3,(H,21,25). The van der Waals surface area contributed by atoms with Crippen LogP contribution in [0.2, 0.25) is 0 Å². The maximum Gasteiger partial charge on any atom is 0.407 e. The molecule has 0 bridgehead atoms. The van der Waals surface area contributed by atoms with Gasteiger partial charge in [-0.1, -0.05) is 19.1 Å². The number of pyridine rings is 1. The van der Waals surface area contributed by atoms with E-state index in [0.29, 0.717) is 6.54 Å². The largest absolute Gasteiger partial charge is 0.453 e. The van der Waals surface area contributed by atoms with Gasteiger partial charge < -0.3 is 19.5 Å². The minimum absolute atomic E-state index is 0.432. The Hall–Kier alpha value is -3.09. The maximum absolute atomic E-state index is 11.3. The Balaban J connectivity index is 1.88. The zero-order chi connectivity index (χ0) is 18.7. The second kappa shape index (κ2) is 7.43. The summed E-state index contributed by atoms with van der Waals surface area (Å²) in [5.41, 5.74) is 5.22. The lowest BCUT2D eigenvalue weighted by atomic mass is 10.1. The lowest BCUT2D eigenvalue weighted by Gasteiger charge is -2.22. The highest BCUT2D eigenvalue weighted by atomic mass is 16.5. The Bertz CT molecular complexity index is 935. The number of hydrogen-bond donors (Lipinski definition) is 1. The van der Waals surface area contributed by atoms with Crippen LogP contribution in [0.5, 0.6) is 0 Å². The molecule has 1 amide bonds. The molecule has 0 fully saturated rings. The van der Waals surface area contributed by atoms with Crippen molar-refractivity contribution in [3.63, 3.8) is 0 Å². The number of carbonyl (C=O) groups is 1. The van der Waals surface area contributed by atoms with Crippen molar-refractivity contribution >= 4 is 28.6 Å². The average molecular weight is 353 g/mol. The number of anilines is 2. The third-order valence-electron chi connectivity index (χ3n) is 4.45. The fraction of sp³-hybridized carbons (Fsp3) is 0.316. The Morgan fingerprint density at radius 3 is 2.85 bits per heavy atom. The Morgan fingerprint density at radius 2 is 2.12 bits per heavy atom. The van der Waals surface area contributed by atoms with Crippen LogP contribution in [0.25, 0.3) is 11.0 Å². The summed E-state index contributed by atoms with van der Waals surface area (Å²) in [5, 5.41) is 2.71. The lowest BCUT2D eigenvalue weighted by molar-refractivity contribution is 0.170. The molecule has 0 saturated carbocycles. The number of methoxy groups -OCH3 is 1. The highest BCUT2D eigenvalue weighted by Gasteiger charge is 2.12. The van der Waals surface area contributed by atoms with Gasteiger partial charge in [0.05, 0.1) is 25.2 Å². The molecule has 3 aromatic rings. The molecule has 0 radical (unpaired) electrons. The maximum atomic E-state index is 11.3. The number of aromatic nitrogens is 3. The van der Waals surface area contributed by atoms with E-state index < -0.39 is 6.09 Å². The van der Waals surface area contributed by atoms with Crippen LogP contribution >= 0.6 is 0 Å². The topological polar surface area (TPSA) is 72.3 Å². The van der Waals surface area contributed by atoms with E-state index in [1.165, 1.54) is 12.7 Å². The van der Waals surface area contributed by atoms with Gasteiger partial charge in [0, 0.05) is 32.4 Å². The van der Waals surface area contributed by atoms with Gasteiger partial charge in [-0.25, -0.2) is 14.8 Å². The number of carbonyl (C=O) groups excluding carboxylic acids is 1. The van der Waals surface area contributed by atoms with E-state index in [1.54, 1.807) is 12.5 Å². The monoisotopic (exact) mass is 353 g/mol. The van der Waals surface area contributed by atoms with Crippen LogP contribution in [0, 0.1) is 0 Å². The summed E-state index contributed by atoms with van der Waals surface area (Å²) in [7, 11) is 5.34. The predicted molar refractivity (Wildman–Crippen MR) is 102 cm³/mol. The van der Waals surface area contributed by atoms with Gasteiger partial charge in [0.2, 0.25) is 0 Å². The SMILES string of the molecule is CCc1cc(CNC(=O)OC)ccc1N(C)c1cc2c(cn1)ncn2C. The zero-order valence-corrected chi connectivity index (χ0v) is 15.5. The fourth-order valence-corrected chi connectivity index (χ4v) is 2.93. The molecule has 136 valence electrons. The van der Waals surface area contributed by atoms with Gasteiger partial charge in [-0.05, 0) is 23.6 Å². The van der Waals surface area contributed by atoms with Crippen molar-refractivity contribution < 1.29 is 9.53 Å². The summed E-state index contributed by atoms with van der Waals surface area (Å²) in [5.74, 6) is 0.858. The van der Waals surface area contributed by atoms with Crippen LogP contribution < -0.4 is 10.2 Å².